The summed E-state index contributed by atoms with van der Waals surface area (Å²) in [5.41, 5.74) is 1.71. The second kappa shape index (κ2) is 24.4. The van der Waals surface area contributed by atoms with E-state index in [1.807, 2.05) is 20.8 Å². The summed E-state index contributed by atoms with van der Waals surface area (Å²) in [5.74, 6) is -6.28. The lowest BCUT2D eigenvalue weighted by Crippen LogP contribution is -2.64. The van der Waals surface area contributed by atoms with Crippen molar-refractivity contribution in [2.45, 2.75) is 206 Å². The Morgan fingerprint density at radius 3 is 2.25 bits per heavy atom. The number of cyclic esters (lactones) is 1. The van der Waals surface area contributed by atoms with E-state index in [2.05, 4.69) is 52.0 Å². The first kappa shape index (κ1) is 53.2. The summed E-state index contributed by atoms with van der Waals surface area (Å²) in [5, 5.41) is 35.4. The van der Waals surface area contributed by atoms with Crippen molar-refractivity contribution in [1.82, 2.24) is 4.90 Å². The van der Waals surface area contributed by atoms with Crippen LogP contribution in [0.1, 0.15) is 152 Å². The van der Waals surface area contributed by atoms with Crippen molar-refractivity contribution in [2.24, 2.45) is 35.0 Å². The summed E-state index contributed by atoms with van der Waals surface area (Å²) in [6, 6.07) is -1.08. The maximum absolute atomic E-state index is 14.7. The van der Waals surface area contributed by atoms with Crippen molar-refractivity contribution in [1.29, 1.82) is 0 Å². The van der Waals surface area contributed by atoms with Crippen molar-refractivity contribution >= 4 is 17.7 Å². The van der Waals surface area contributed by atoms with Gasteiger partial charge in [-0.15, -0.1) is 0 Å². The van der Waals surface area contributed by atoms with E-state index in [0.29, 0.717) is 38.5 Å². The van der Waals surface area contributed by atoms with Gasteiger partial charge in [0.15, 0.2) is 0 Å². The third kappa shape index (κ3) is 12.9. The quantitative estimate of drug-likeness (QED) is 0.105. The fourth-order valence-electron chi connectivity index (χ4n) is 11.4. The fourth-order valence-corrected chi connectivity index (χ4v) is 11.4. The van der Waals surface area contributed by atoms with Gasteiger partial charge in [0.2, 0.25) is 5.79 Å². The molecule has 1 saturated carbocycles. The number of unbranched alkanes of at least 4 members (excludes halogenated alkanes) is 1. The van der Waals surface area contributed by atoms with E-state index in [0.717, 1.165) is 50.5 Å². The number of Topliss-reactive ketones (excluding diaryl/α,β-unsaturated/α-hetero) is 1. The number of ether oxygens (including phenoxy) is 5. The SMILES string of the molecule is CC=CCC1(CCCC)CC(O)C(C)C(C(C)=CC2CCC(O)C(OC)C2)OC(=O)C2CCCCN2C(=O)C(=O)C2(O)OC(C(OC)CC(C)CC(C)=CC1CC)C(OC)CC2C. The molecule has 12 nitrogen and oxygen atoms in total. The molecule has 0 aromatic rings. The van der Waals surface area contributed by atoms with Crippen LogP contribution in [-0.2, 0) is 38.1 Å². The molecule has 3 fully saturated rings. The van der Waals surface area contributed by atoms with Gasteiger partial charge < -0.3 is 43.9 Å². The highest BCUT2D eigenvalue weighted by atomic mass is 16.7. The van der Waals surface area contributed by atoms with E-state index in [9.17, 15) is 29.7 Å². The Balaban J connectivity index is 1.89. The monoisotopic (exact) mass is 888 g/mol. The van der Waals surface area contributed by atoms with Crippen molar-refractivity contribution < 1.29 is 53.4 Å². The molecular weight excluding hydrogens is 803 g/mol. The van der Waals surface area contributed by atoms with E-state index in [1.54, 1.807) is 28.3 Å². The highest BCUT2D eigenvalue weighted by Gasteiger charge is 2.57. The largest absolute Gasteiger partial charge is 0.456 e. The molecule has 0 aromatic carbocycles. The van der Waals surface area contributed by atoms with Gasteiger partial charge in [0.1, 0.15) is 18.2 Å². The Hall–Kier alpha value is -2.45. The first-order valence-corrected chi connectivity index (χ1v) is 24.3. The van der Waals surface area contributed by atoms with Gasteiger partial charge in [0, 0.05) is 39.7 Å². The molecule has 360 valence electrons. The summed E-state index contributed by atoms with van der Waals surface area (Å²) in [6.45, 7) is 16.5. The van der Waals surface area contributed by atoms with Crippen LogP contribution in [0.15, 0.2) is 35.5 Å². The highest BCUT2D eigenvalue weighted by molar-refractivity contribution is 6.39. The Labute approximate surface area is 379 Å². The molecule has 15 atom stereocenters. The van der Waals surface area contributed by atoms with Gasteiger partial charge >= 0.3 is 5.97 Å². The Bertz CT molecular complexity index is 1580. The van der Waals surface area contributed by atoms with Gasteiger partial charge in [-0.1, -0.05) is 77.3 Å². The second-order valence-corrected chi connectivity index (χ2v) is 19.9. The van der Waals surface area contributed by atoms with Gasteiger partial charge in [-0.25, -0.2) is 4.79 Å². The predicted molar refractivity (Wildman–Crippen MR) is 244 cm³/mol. The number of fused-ring (bicyclic) bond motifs is 3. The number of piperidine rings is 1. The van der Waals surface area contributed by atoms with E-state index in [1.165, 1.54) is 10.5 Å². The minimum absolute atomic E-state index is 0.0488. The summed E-state index contributed by atoms with van der Waals surface area (Å²) in [7, 11) is 4.77. The minimum atomic E-state index is -2.48. The summed E-state index contributed by atoms with van der Waals surface area (Å²) >= 11 is 0. The predicted octanol–water partition coefficient (Wildman–Crippen LogP) is 8.05. The Morgan fingerprint density at radius 2 is 1.62 bits per heavy atom. The van der Waals surface area contributed by atoms with Crippen LogP contribution >= 0.6 is 0 Å². The third-order valence-electron chi connectivity index (χ3n) is 15.3. The number of aliphatic hydroxyl groups is 3. The lowest BCUT2D eigenvalue weighted by molar-refractivity contribution is -0.302. The number of methoxy groups -OCH3 is 3. The number of nitrogens with zero attached hydrogens (tertiary/aromatic N) is 1. The number of allylic oxidation sites excluding steroid dienone is 5. The second-order valence-electron chi connectivity index (χ2n) is 19.9. The van der Waals surface area contributed by atoms with E-state index in [-0.39, 0.29) is 48.7 Å². The molecule has 15 unspecified atom stereocenters. The molecule has 4 rings (SSSR count). The standard InChI is InChI=1S/C51H85NO11/c1-12-15-22-50(23-16-13-2)31-41(54)36(8)45(34(6)28-37-20-21-40(53)42(30-37)59-9)62-49(57)39-19-17-18-24-52(39)48(56)47(55)51(58)35(7)29-44(61-11)46(63-51)43(60-10)27-33(5)25-32(4)26-38(50)14-3/h12,15,26,28,33,35-46,53-54,58H,13-14,16-25,27,29-31H2,1-11H3. The number of aliphatic hydroxyl groups excluding tert-OH is 2. The topological polar surface area (TPSA) is 161 Å². The van der Waals surface area contributed by atoms with Crippen LogP contribution in [0.25, 0.3) is 0 Å². The summed E-state index contributed by atoms with van der Waals surface area (Å²) < 4.78 is 30.5. The number of esters is 1. The van der Waals surface area contributed by atoms with Crippen LogP contribution in [0.3, 0.4) is 0 Å². The maximum Gasteiger partial charge on any atom is 0.329 e. The summed E-state index contributed by atoms with van der Waals surface area (Å²) in [6.07, 6.45) is 14.4. The van der Waals surface area contributed by atoms with Gasteiger partial charge in [-0.3, -0.25) is 9.59 Å². The summed E-state index contributed by atoms with van der Waals surface area (Å²) in [4.78, 5) is 44.8. The highest BCUT2D eigenvalue weighted by Crippen LogP contribution is 2.47. The molecule has 2 saturated heterocycles. The zero-order chi connectivity index (χ0) is 46.6. The number of ketones is 1. The van der Waals surface area contributed by atoms with Crippen LogP contribution in [0.5, 0.6) is 0 Å². The number of amides is 1. The number of carbonyl (C=O) groups is 3. The lowest BCUT2D eigenvalue weighted by atomic mass is 9.63. The van der Waals surface area contributed by atoms with Crippen molar-refractivity contribution in [3.05, 3.63) is 35.5 Å². The van der Waals surface area contributed by atoms with Crippen molar-refractivity contribution in [3.63, 3.8) is 0 Å². The molecule has 0 radical (unpaired) electrons. The molecule has 3 N–H and O–H groups in total. The van der Waals surface area contributed by atoms with Gasteiger partial charge in [0.25, 0.3) is 11.7 Å². The molecule has 0 spiro atoms. The van der Waals surface area contributed by atoms with Crippen LogP contribution in [-0.4, -0.2) is 120 Å². The number of hydrogen-bond donors (Lipinski definition) is 3. The maximum atomic E-state index is 14.7. The molecule has 3 heterocycles. The van der Waals surface area contributed by atoms with Gasteiger partial charge in [-0.05, 0) is 133 Å². The molecule has 2 bridgehead atoms. The van der Waals surface area contributed by atoms with Crippen LogP contribution in [0.4, 0.5) is 0 Å². The molecule has 12 heteroatoms. The van der Waals surface area contributed by atoms with Crippen LogP contribution in [0.2, 0.25) is 0 Å². The number of carbonyl (C=O) groups excluding carboxylic acids is 3. The first-order valence-electron chi connectivity index (χ1n) is 24.3. The lowest BCUT2D eigenvalue weighted by Gasteiger charge is -2.47. The average molecular weight is 888 g/mol. The number of hydrogen-bond acceptors (Lipinski definition) is 11. The van der Waals surface area contributed by atoms with Gasteiger partial charge in [-0.2, -0.15) is 0 Å². The van der Waals surface area contributed by atoms with E-state index >= 15 is 0 Å². The Morgan fingerprint density at radius 1 is 0.937 bits per heavy atom. The van der Waals surface area contributed by atoms with E-state index < -0.39 is 77.9 Å². The van der Waals surface area contributed by atoms with Crippen LogP contribution in [0, 0.1) is 35.0 Å². The van der Waals surface area contributed by atoms with Crippen molar-refractivity contribution in [3.8, 4) is 0 Å². The van der Waals surface area contributed by atoms with Gasteiger partial charge in [0.05, 0.1) is 30.5 Å². The van der Waals surface area contributed by atoms with Crippen molar-refractivity contribution in [2.75, 3.05) is 27.9 Å². The fraction of sp³-hybridized carbons (Fsp3) is 0.824. The molecular formula is C51H85NO11. The molecule has 4 aliphatic rings. The molecule has 1 aliphatic carbocycles. The minimum Gasteiger partial charge on any atom is -0.456 e. The first-order chi connectivity index (χ1) is 29.9. The van der Waals surface area contributed by atoms with Crippen LogP contribution < -0.4 is 0 Å². The zero-order valence-electron chi connectivity index (χ0n) is 40.7. The smallest absolute Gasteiger partial charge is 0.329 e. The molecule has 1 amide bonds. The Kier molecular flexibility index (Phi) is 20.6. The normalized spacial score (nSPS) is 39.9. The third-order valence-corrected chi connectivity index (χ3v) is 15.3. The molecule has 63 heavy (non-hydrogen) atoms. The average Bonchev–Trinajstić information content (AvgIpc) is 3.27. The molecule has 0 aromatic heterocycles. The molecule has 3 aliphatic heterocycles. The zero-order valence-corrected chi connectivity index (χ0v) is 40.7. The number of rotatable bonds is 11. The van der Waals surface area contributed by atoms with E-state index in [4.69, 9.17) is 23.7 Å².